The van der Waals surface area contributed by atoms with Gasteiger partial charge in [0.2, 0.25) is 0 Å². The summed E-state index contributed by atoms with van der Waals surface area (Å²) in [6, 6.07) is 0. The van der Waals surface area contributed by atoms with Gasteiger partial charge >= 0.3 is 0 Å². The number of rotatable bonds is 6. The van der Waals surface area contributed by atoms with Crippen molar-refractivity contribution in [1.82, 2.24) is 4.90 Å². The third kappa shape index (κ3) is 4.81. The zero-order valence-electron chi connectivity index (χ0n) is 11.1. The Morgan fingerprint density at radius 1 is 1.38 bits per heavy atom. The summed E-state index contributed by atoms with van der Waals surface area (Å²) >= 11 is 0. The highest BCUT2D eigenvalue weighted by atomic mass is 16.5. The first kappa shape index (κ1) is 13.9. The summed E-state index contributed by atoms with van der Waals surface area (Å²) in [5, 5.41) is 0. The molecule has 1 rings (SSSR count). The van der Waals surface area contributed by atoms with Crippen LogP contribution in [0.3, 0.4) is 0 Å². The van der Waals surface area contributed by atoms with Crippen LogP contribution in [0.4, 0.5) is 0 Å². The molecule has 0 aromatic heterocycles. The van der Waals surface area contributed by atoms with Gasteiger partial charge < -0.3 is 15.4 Å². The summed E-state index contributed by atoms with van der Waals surface area (Å²) in [5.74, 6) is 1.27. The van der Waals surface area contributed by atoms with E-state index in [1.165, 1.54) is 19.3 Å². The molecule has 0 bridgehead atoms. The van der Waals surface area contributed by atoms with Crippen molar-refractivity contribution < 1.29 is 4.74 Å². The predicted octanol–water partition coefficient (Wildman–Crippen LogP) is 1.72. The van der Waals surface area contributed by atoms with Crippen molar-refractivity contribution in [3.8, 4) is 0 Å². The fraction of sp³-hybridized carbons (Fsp3) is 1.00. The van der Waals surface area contributed by atoms with Gasteiger partial charge in [-0.05, 0) is 44.7 Å². The van der Waals surface area contributed by atoms with Crippen LogP contribution in [0.15, 0.2) is 0 Å². The Morgan fingerprint density at radius 3 is 2.62 bits per heavy atom. The van der Waals surface area contributed by atoms with Crippen molar-refractivity contribution in [1.29, 1.82) is 0 Å². The van der Waals surface area contributed by atoms with Crippen LogP contribution in [0.5, 0.6) is 0 Å². The smallest absolute Gasteiger partial charge is 0.0701 e. The van der Waals surface area contributed by atoms with Gasteiger partial charge in [-0.15, -0.1) is 0 Å². The molecule has 0 aromatic carbocycles. The van der Waals surface area contributed by atoms with Crippen LogP contribution < -0.4 is 5.73 Å². The van der Waals surface area contributed by atoms with Crippen LogP contribution in [0.1, 0.15) is 33.1 Å². The van der Waals surface area contributed by atoms with Crippen LogP contribution >= 0.6 is 0 Å². The van der Waals surface area contributed by atoms with Crippen molar-refractivity contribution in [2.75, 3.05) is 33.3 Å². The van der Waals surface area contributed by atoms with Crippen molar-refractivity contribution in [2.45, 2.75) is 39.2 Å². The number of hydrogen-bond acceptors (Lipinski definition) is 3. The Kier molecular flexibility index (Phi) is 6.32. The summed E-state index contributed by atoms with van der Waals surface area (Å²) in [7, 11) is 2.18. The van der Waals surface area contributed by atoms with E-state index in [9.17, 15) is 0 Å². The van der Waals surface area contributed by atoms with Crippen LogP contribution in [0.2, 0.25) is 0 Å². The van der Waals surface area contributed by atoms with Crippen LogP contribution in [-0.4, -0.2) is 44.3 Å². The average Bonchev–Trinajstić information content (AvgIpc) is 2.27. The van der Waals surface area contributed by atoms with E-state index in [-0.39, 0.29) is 0 Å². The third-order valence-electron chi connectivity index (χ3n) is 3.58. The SMILES string of the molecule is CC(C)C(CN)CN(C)CC1CCCCO1. The number of nitrogens with two attached hydrogens (primary N) is 1. The van der Waals surface area contributed by atoms with E-state index in [2.05, 4.69) is 25.8 Å². The molecule has 0 aromatic rings. The summed E-state index contributed by atoms with van der Waals surface area (Å²) < 4.78 is 5.75. The molecule has 3 heteroatoms. The van der Waals surface area contributed by atoms with Crippen molar-refractivity contribution in [2.24, 2.45) is 17.6 Å². The molecule has 0 aliphatic carbocycles. The zero-order chi connectivity index (χ0) is 12.0. The van der Waals surface area contributed by atoms with Crippen molar-refractivity contribution in [3.05, 3.63) is 0 Å². The minimum Gasteiger partial charge on any atom is -0.377 e. The number of hydrogen-bond donors (Lipinski definition) is 1. The molecule has 0 saturated carbocycles. The standard InChI is InChI=1S/C13H28N2O/c1-11(2)12(8-14)9-15(3)10-13-6-4-5-7-16-13/h11-13H,4-10,14H2,1-3H3. The second-order valence-electron chi connectivity index (χ2n) is 5.45. The first-order chi connectivity index (χ1) is 7.63. The second kappa shape index (κ2) is 7.25. The maximum Gasteiger partial charge on any atom is 0.0701 e. The molecule has 16 heavy (non-hydrogen) atoms. The number of likely N-dealkylation sites (N-methyl/N-ethyl adjacent to an activating group) is 1. The van der Waals surface area contributed by atoms with E-state index < -0.39 is 0 Å². The first-order valence-electron chi connectivity index (χ1n) is 6.63. The lowest BCUT2D eigenvalue weighted by Gasteiger charge is -2.30. The van der Waals surface area contributed by atoms with Gasteiger partial charge in [0.15, 0.2) is 0 Å². The Morgan fingerprint density at radius 2 is 2.12 bits per heavy atom. The largest absolute Gasteiger partial charge is 0.377 e. The van der Waals surface area contributed by atoms with Crippen molar-refractivity contribution in [3.63, 3.8) is 0 Å². The number of ether oxygens (including phenoxy) is 1. The van der Waals surface area contributed by atoms with Gasteiger partial charge in [-0.2, -0.15) is 0 Å². The van der Waals surface area contributed by atoms with Crippen LogP contribution in [0.25, 0.3) is 0 Å². The molecule has 1 aliphatic heterocycles. The molecule has 0 radical (unpaired) electrons. The first-order valence-corrected chi connectivity index (χ1v) is 6.63. The molecule has 0 spiro atoms. The lowest BCUT2D eigenvalue weighted by molar-refractivity contribution is -0.00422. The maximum atomic E-state index is 5.80. The molecule has 2 unspecified atom stereocenters. The highest BCUT2D eigenvalue weighted by Gasteiger charge is 2.19. The van der Waals surface area contributed by atoms with Gasteiger partial charge in [0.05, 0.1) is 6.10 Å². The topological polar surface area (TPSA) is 38.5 Å². The molecule has 1 saturated heterocycles. The van der Waals surface area contributed by atoms with Crippen LogP contribution in [-0.2, 0) is 4.74 Å². The lowest BCUT2D eigenvalue weighted by atomic mass is 9.95. The minimum atomic E-state index is 0.448. The zero-order valence-corrected chi connectivity index (χ0v) is 11.1. The molecule has 1 aliphatic rings. The van der Waals surface area contributed by atoms with E-state index in [1.54, 1.807) is 0 Å². The Bertz CT molecular complexity index is 179. The summed E-state index contributed by atoms with van der Waals surface area (Å²) in [6.45, 7) is 8.39. The molecule has 1 heterocycles. The van der Waals surface area contributed by atoms with Crippen LogP contribution in [0, 0.1) is 11.8 Å². The maximum absolute atomic E-state index is 5.80. The van der Waals surface area contributed by atoms with E-state index >= 15 is 0 Å². The highest BCUT2D eigenvalue weighted by molar-refractivity contribution is 4.72. The average molecular weight is 228 g/mol. The lowest BCUT2D eigenvalue weighted by Crippen LogP contribution is -2.39. The van der Waals surface area contributed by atoms with Gasteiger partial charge in [0, 0.05) is 19.7 Å². The summed E-state index contributed by atoms with van der Waals surface area (Å²) in [5.41, 5.74) is 5.80. The molecule has 0 amide bonds. The second-order valence-corrected chi connectivity index (χ2v) is 5.45. The Balaban J connectivity index is 2.25. The van der Waals surface area contributed by atoms with Crippen molar-refractivity contribution >= 4 is 0 Å². The van der Waals surface area contributed by atoms with Gasteiger partial charge in [-0.3, -0.25) is 0 Å². The third-order valence-corrected chi connectivity index (χ3v) is 3.58. The predicted molar refractivity (Wildman–Crippen MR) is 68.5 cm³/mol. The van der Waals surface area contributed by atoms with Gasteiger partial charge in [-0.25, -0.2) is 0 Å². The normalized spacial score (nSPS) is 24.0. The molecule has 96 valence electrons. The molecule has 2 atom stereocenters. The summed E-state index contributed by atoms with van der Waals surface area (Å²) in [4.78, 5) is 2.38. The Hall–Kier alpha value is -0.120. The highest BCUT2D eigenvalue weighted by Crippen LogP contribution is 2.15. The van der Waals surface area contributed by atoms with Gasteiger partial charge in [-0.1, -0.05) is 13.8 Å². The minimum absolute atomic E-state index is 0.448. The van der Waals surface area contributed by atoms with E-state index in [4.69, 9.17) is 10.5 Å². The van der Waals surface area contributed by atoms with E-state index in [0.717, 1.165) is 26.2 Å². The fourth-order valence-electron chi connectivity index (χ4n) is 2.33. The Labute approximate surface area is 100 Å². The molecular weight excluding hydrogens is 200 g/mol. The van der Waals surface area contributed by atoms with Gasteiger partial charge in [0.25, 0.3) is 0 Å². The number of nitrogens with zero attached hydrogens (tertiary/aromatic N) is 1. The summed E-state index contributed by atoms with van der Waals surface area (Å²) in [6.07, 6.45) is 4.23. The monoisotopic (exact) mass is 228 g/mol. The molecule has 3 nitrogen and oxygen atoms in total. The van der Waals surface area contributed by atoms with E-state index in [0.29, 0.717) is 17.9 Å². The molecular formula is C13H28N2O. The van der Waals surface area contributed by atoms with E-state index in [1.807, 2.05) is 0 Å². The van der Waals surface area contributed by atoms with Gasteiger partial charge in [0.1, 0.15) is 0 Å². The molecule has 2 N–H and O–H groups in total. The molecule has 1 fully saturated rings. The quantitative estimate of drug-likeness (QED) is 0.752. The fourth-order valence-corrected chi connectivity index (χ4v) is 2.33.